The lowest BCUT2D eigenvalue weighted by atomic mass is 10.1. The Morgan fingerprint density at radius 3 is 2.28 bits per heavy atom. The number of amides is 2. The highest BCUT2D eigenvalue weighted by Gasteiger charge is 2.27. The Morgan fingerprint density at radius 1 is 0.897 bits per heavy atom. The third-order valence-electron chi connectivity index (χ3n) is 5.74. The topological polar surface area (TPSA) is 64.6 Å². The van der Waals surface area contributed by atoms with Gasteiger partial charge in [-0.1, -0.05) is 18.2 Å². The largest absolute Gasteiger partial charge is 0.342 e. The summed E-state index contributed by atoms with van der Waals surface area (Å²) in [7, 11) is 0. The Bertz CT molecular complexity index is 909. The van der Waals surface area contributed by atoms with Gasteiger partial charge >= 0.3 is 0 Å². The molecule has 0 unspecified atom stereocenters. The molecule has 0 spiro atoms. The first-order valence-corrected chi connectivity index (χ1v) is 10.7. The highest BCUT2D eigenvalue weighted by molar-refractivity contribution is 7.71. The number of carbonyl (C=O) groups is 2. The number of likely N-dealkylation sites (tertiary alicyclic amines) is 1. The summed E-state index contributed by atoms with van der Waals surface area (Å²) in [6, 6.07) is 9.66. The third kappa shape index (κ3) is 4.43. The average molecular weight is 414 g/mol. The van der Waals surface area contributed by atoms with E-state index in [4.69, 9.17) is 12.2 Å². The van der Waals surface area contributed by atoms with Gasteiger partial charge in [0.1, 0.15) is 5.69 Å². The summed E-state index contributed by atoms with van der Waals surface area (Å²) in [6.07, 6.45) is 5.12. The van der Waals surface area contributed by atoms with E-state index in [9.17, 15) is 9.59 Å². The number of carbonyl (C=O) groups excluding carboxylic acids is 2. The van der Waals surface area contributed by atoms with Crippen molar-refractivity contribution in [1.29, 1.82) is 0 Å². The van der Waals surface area contributed by atoms with E-state index in [0.717, 1.165) is 31.6 Å². The van der Waals surface area contributed by atoms with Crippen LogP contribution in [-0.2, 0) is 4.79 Å². The summed E-state index contributed by atoms with van der Waals surface area (Å²) in [6.45, 7) is 4.86. The zero-order chi connectivity index (χ0) is 20.2. The number of nitrogens with zero attached hydrogens (tertiary/aromatic N) is 4. The molecular weight excluding hydrogens is 386 g/mol. The number of aromatic nitrogens is 2. The fourth-order valence-electron chi connectivity index (χ4n) is 4.07. The van der Waals surface area contributed by atoms with Gasteiger partial charge in [0.25, 0.3) is 5.91 Å². The van der Waals surface area contributed by atoms with Crippen LogP contribution in [0.25, 0.3) is 5.69 Å². The van der Waals surface area contributed by atoms with Crippen molar-refractivity contribution < 1.29 is 9.59 Å². The summed E-state index contributed by atoms with van der Waals surface area (Å²) < 4.78 is 2.29. The van der Waals surface area contributed by atoms with Crippen molar-refractivity contribution in [3.63, 3.8) is 0 Å². The van der Waals surface area contributed by atoms with E-state index >= 15 is 0 Å². The maximum Gasteiger partial charge on any atom is 0.272 e. The number of hydrogen-bond donors (Lipinski definition) is 1. The van der Waals surface area contributed by atoms with Gasteiger partial charge in [0, 0.05) is 51.2 Å². The van der Waals surface area contributed by atoms with Crippen molar-refractivity contribution in [1.82, 2.24) is 24.3 Å². The zero-order valence-electron chi connectivity index (χ0n) is 16.5. The Hall–Kier alpha value is -2.45. The molecule has 1 N–H and O–H groups in total. The van der Waals surface area contributed by atoms with Crippen LogP contribution in [0.2, 0.25) is 0 Å². The van der Waals surface area contributed by atoms with Crippen LogP contribution >= 0.6 is 12.2 Å². The minimum Gasteiger partial charge on any atom is -0.342 e. The van der Waals surface area contributed by atoms with Gasteiger partial charge in [-0.2, -0.15) is 0 Å². The Kier molecular flexibility index (Phi) is 6.10. The van der Waals surface area contributed by atoms with Gasteiger partial charge in [-0.15, -0.1) is 0 Å². The molecule has 4 rings (SSSR count). The molecule has 29 heavy (non-hydrogen) atoms. The summed E-state index contributed by atoms with van der Waals surface area (Å²) in [4.78, 5) is 34.6. The first-order valence-electron chi connectivity index (χ1n) is 10.3. The van der Waals surface area contributed by atoms with Crippen molar-refractivity contribution in [3.05, 3.63) is 47.0 Å². The number of para-hydroxylation sites is 1. The second-order valence-electron chi connectivity index (χ2n) is 7.66. The van der Waals surface area contributed by atoms with Crippen LogP contribution in [0.5, 0.6) is 0 Å². The molecule has 0 atom stereocenters. The van der Waals surface area contributed by atoms with E-state index in [1.54, 1.807) is 10.8 Å². The number of piperazine rings is 1. The Balaban J connectivity index is 1.38. The molecule has 2 fully saturated rings. The van der Waals surface area contributed by atoms with Crippen LogP contribution in [-0.4, -0.2) is 81.9 Å². The van der Waals surface area contributed by atoms with Gasteiger partial charge in [0.05, 0.1) is 6.54 Å². The summed E-state index contributed by atoms with van der Waals surface area (Å²) in [5, 5.41) is 0. The highest BCUT2D eigenvalue weighted by atomic mass is 32.1. The molecule has 0 radical (unpaired) electrons. The van der Waals surface area contributed by atoms with Crippen LogP contribution in [0.3, 0.4) is 0 Å². The van der Waals surface area contributed by atoms with Crippen molar-refractivity contribution in [2.75, 3.05) is 45.8 Å². The van der Waals surface area contributed by atoms with E-state index in [1.165, 1.54) is 6.42 Å². The highest BCUT2D eigenvalue weighted by Crippen LogP contribution is 2.16. The van der Waals surface area contributed by atoms with Crippen LogP contribution in [0.15, 0.2) is 36.5 Å². The lowest BCUT2D eigenvalue weighted by Gasteiger charge is -2.36. The second kappa shape index (κ2) is 8.92. The monoisotopic (exact) mass is 413 g/mol. The standard InChI is InChI=1S/C21H27N5O2S/c27-19(24-9-5-2-6-10-24)16-23-11-13-25(14-12-23)20(28)18-15-22-21(29)26(18)17-7-3-1-4-8-17/h1,3-4,7-8,15H,2,5-6,9-14,16H2,(H,22,29). The summed E-state index contributed by atoms with van der Waals surface area (Å²) in [5.41, 5.74) is 1.41. The predicted molar refractivity (Wildman–Crippen MR) is 114 cm³/mol. The van der Waals surface area contributed by atoms with E-state index < -0.39 is 0 Å². The van der Waals surface area contributed by atoms with Gasteiger partial charge in [-0.05, 0) is 43.6 Å². The van der Waals surface area contributed by atoms with Crippen molar-refractivity contribution in [2.45, 2.75) is 19.3 Å². The number of nitrogens with one attached hydrogen (secondary N) is 1. The summed E-state index contributed by atoms with van der Waals surface area (Å²) >= 11 is 5.39. The third-order valence-corrected chi connectivity index (χ3v) is 6.04. The molecule has 1 aromatic heterocycles. The zero-order valence-corrected chi connectivity index (χ0v) is 17.4. The maximum atomic E-state index is 13.1. The van der Waals surface area contributed by atoms with Crippen molar-refractivity contribution >= 4 is 24.0 Å². The van der Waals surface area contributed by atoms with Gasteiger partial charge in [0.15, 0.2) is 4.77 Å². The van der Waals surface area contributed by atoms with Gasteiger partial charge < -0.3 is 14.8 Å². The number of imidazole rings is 1. The molecule has 0 saturated carbocycles. The number of aromatic amines is 1. The van der Waals surface area contributed by atoms with Gasteiger partial charge in [-0.25, -0.2) is 0 Å². The smallest absolute Gasteiger partial charge is 0.272 e. The van der Waals surface area contributed by atoms with Gasteiger partial charge in [-0.3, -0.25) is 19.1 Å². The molecule has 0 bridgehead atoms. The average Bonchev–Trinajstić information content (AvgIpc) is 3.16. The summed E-state index contributed by atoms with van der Waals surface area (Å²) in [5.74, 6) is 0.177. The molecule has 8 heteroatoms. The van der Waals surface area contributed by atoms with Crippen LogP contribution in [0.4, 0.5) is 0 Å². The van der Waals surface area contributed by atoms with Gasteiger partial charge in [0.2, 0.25) is 5.91 Å². The lowest BCUT2D eigenvalue weighted by molar-refractivity contribution is -0.133. The molecule has 3 heterocycles. The minimum atomic E-state index is -0.0387. The number of benzene rings is 1. The molecule has 2 amide bonds. The molecule has 7 nitrogen and oxygen atoms in total. The first kappa shape index (κ1) is 19.8. The number of rotatable bonds is 4. The number of piperidine rings is 1. The molecule has 2 aromatic rings. The van der Waals surface area contributed by atoms with Crippen LogP contribution in [0, 0.1) is 4.77 Å². The molecule has 2 aliphatic rings. The molecular formula is C21H27N5O2S. The normalized spacial score (nSPS) is 18.1. The van der Waals surface area contributed by atoms with E-state index in [-0.39, 0.29) is 11.8 Å². The molecule has 154 valence electrons. The minimum absolute atomic E-state index is 0.0387. The first-order chi connectivity index (χ1) is 14.1. The fraction of sp³-hybridized carbons (Fsp3) is 0.476. The predicted octanol–water partition coefficient (Wildman–Crippen LogP) is 2.31. The SMILES string of the molecule is O=C(CN1CCN(C(=O)c2c[nH]c(=S)n2-c2ccccc2)CC1)N1CCCCC1. The van der Waals surface area contributed by atoms with Crippen LogP contribution in [0.1, 0.15) is 29.8 Å². The Labute approximate surface area is 175 Å². The van der Waals surface area contributed by atoms with E-state index in [0.29, 0.717) is 43.2 Å². The molecule has 0 aliphatic carbocycles. The van der Waals surface area contributed by atoms with Crippen LogP contribution < -0.4 is 0 Å². The quantitative estimate of drug-likeness (QED) is 0.782. The van der Waals surface area contributed by atoms with Crippen molar-refractivity contribution in [2.24, 2.45) is 0 Å². The second-order valence-corrected chi connectivity index (χ2v) is 8.05. The maximum absolute atomic E-state index is 13.1. The molecule has 2 aliphatic heterocycles. The van der Waals surface area contributed by atoms with E-state index in [2.05, 4.69) is 9.88 Å². The Morgan fingerprint density at radius 2 is 1.59 bits per heavy atom. The molecule has 1 aromatic carbocycles. The number of hydrogen-bond acceptors (Lipinski definition) is 4. The van der Waals surface area contributed by atoms with Crippen molar-refractivity contribution in [3.8, 4) is 5.69 Å². The lowest BCUT2D eigenvalue weighted by Crippen LogP contribution is -2.52. The van der Waals surface area contributed by atoms with E-state index in [1.807, 2.05) is 40.1 Å². The number of H-pyrrole nitrogens is 1. The molecule has 2 saturated heterocycles. The fourth-order valence-corrected chi connectivity index (χ4v) is 4.33.